The molecule has 3 aliphatic rings. The van der Waals surface area contributed by atoms with Gasteiger partial charge in [0.2, 0.25) is 6.79 Å². The highest BCUT2D eigenvalue weighted by molar-refractivity contribution is 5.89. The van der Waals surface area contributed by atoms with Crippen molar-refractivity contribution >= 4 is 17.7 Å². The van der Waals surface area contributed by atoms with E-state index in [1.54, 1.807) is 13.4 Å². The number of alkyl halides is 1. The Labute approximate surface area is 204 Å². The van der Waals surface area contributed by atoms with Crippen molar-refractivity contribution in [1.82, 2.24) is 9.80 Å². The molecule has 1 fully saturated rings. The molecule has 0 amide bonds. The first kappa shape index (κ1) is 23.7. The molecule has 9 nitrogen and oxygen atoms in total. The number of piperazine rings is 1. The largest absolute Gasteiger partial charge is 0.493 e. The van der Waals surface area contributed by atoms with Crippen molar-refractivity contribution in [2.45, 2.75) is 12.6 Å². The number of ether oxygens (including phenoxy) is 4. The third-order valence-corrected chi connectivity index (χ3v) is 6.65. The second-order valence-corrected chi connectivity index (χ2v) is 8.74. The summed E-state index contributed by atoms with van der Waals surface area (Å²) in [5.74, 6) is 2.62. The fourth-order valence-electron chi connectivity index (χ4n) is 4.69. The van der Waals surface area contributed by atoms with Crippen LogP contribution in [0.4, 0.5) is 15.8 Å². The van der Waals surface area contributed by atoms with Gasteiger partial charge in [-0.1, -0.05) is 6.07 Å². The number of anilines is 1. The highest BCUT2D eigenvalue weighted by atomic mass is 19.1. The van der Waals surface area contributed by atoms with Crippen LogP contribution >= 0.6 is 0 Å². The Kier molecular flexibility index (Phi) is 7.21. The fraction of sp³-hybridized carbons (Fsp3) is 0.480. The molecule has 35 heavy (non-hydrogen) atoms. The molecule has 3 heterocycles. The summed E-state index contributed by atoms with van der Waals surface area (Å²) in [6, 6.07) is 9.47. The van der Waals surface area contributed by atoms with E-state index >= 15 is 0 Å². The van der Waals surface area contributed by atoms with E-state index in [9.17, 15) is 4.39 Å². The number of nitrogens with two attached hydrogens (primary N) is 1. The maximum Gasteiger partial charge on any atom is 0.231 e. The summed E-state index contributed by atoms with van der Waals surface area (Å²) in [7, 11) is 1.62. The summed E-state index contributed by atoms with van der Waals surface area (Å²) >= 11 is 0. The first-order chi connectivity index (χ1) is 17.2. The van der Waals surface area contributed by atoms with Gasteiger partial charge in [-0.15, -0.1) is 0 Å². The summed E-state index contributed by atoms with van der Waals surface area (Å²) < 4.78 is 35.3. The van der Waals surface area contributed by atoms with Crippen LogP contribution in [0.5, 0.6) is 23.0 Å². The number of nitrogens with zero attached hydrogens (tertiary/aromatic N) is 4. The van der Waals surface area contributed by atoms with Gasteiger partial charge in [0.05, 0.1) is 31.4 Å². The lowest BCUT2D eigenvalue weighted by molar-refractivity contribution is 0.120. The number of methoxy groups -OCH3 is 1. The van der Waals surface area contributed by atoms with Gasteiger partial charge < -0.3 is 34.5 Å². The number of benzene rings is 2. The minimum Gasteiger partial charge on any atom is -0.493 e. The van der Waals surface area contributed by atoms with Gasteiger partial charge in [-0.3, -0.25) is 4.90 Å². The van der Waals surface area contributed by atoms with Crippen LogP contribution in [-0.4, -0.2) is 82.6 Å². The number of para-hydroxylation sites is 1. The van der Waals surface area contributed by atoms with Crippen molar-refractivity contribution in [2.75, 3.05) is 71.4 Å². The van der Waals surface area contributed by atoms with Crippen LogP contribution in [0.1, 0.15) is 18.2 Å². The average Bonchev–Trinajstić information content (AvgIpc) is 3.37. The minimum absolute atomic E-state index is 0.188. The van der Waals surface area contributed by atoms with E-state index in [0.29, 0.717) is 36.1 Å². The molecular formula is C25H32FN5O4. The van der Waals surface area contributed by atoms with Gasteiger partial charge in [0.15, 0.2) is 23.0 Å². The van der Waals surface area contributed by atoms with Crippen molar-refractivity contribution < 1.29 is 23.3 Å². The predicted octanol–water partition coefficient (Wildman–Crippen LogP) is 2.92. The standard InChI is InChI=1S/C25H32FN5O4/c1-32-22-14-18-19(15-23(22)33-13-3-7-29-9-11-30(8-6-26)12-10-29)28-16-31(25(18)27)20-4-2-5-21-24(20)35-17-34-21/h2,4-5,14-16,25H,3,6-13,17,27H2,1H3. The molecule has 10 heteroatoms. The molecule has 2 aromatic rings. The predicted molar refractivity (Wildman–Crippen MR) is 132 cm³/mol. The first-order valence-corrected chi connectivity index (χ1v) is 12.0. The molecule has 0 aliphatic carbocycles. The Morgan fingerprint density at radius 3 is 2.66 bits per heavy atom. The van der Waals surface area contributed by atoms with E-state index in [1.807, 2.05) is 35.2 Å². The second kappa shape index (κ2) is 10.7. The van der Waals surface area contributed by atoms with E-state index in [2.05, 4.69) is 14.8 Å². The maximum atomic E-state index is 12.5. The number of rotatable bonds is 9. The van der Waals surface area contributed by atoms with Crippen LogP contribution in [0.15, 0.2) is 35.3 Å². The van der Waals surface area contributed by atoms with Gasteiger partial charge >= 0.3 is 0 Å². The molecule has 0 aromatic heterocycles. The maximum absolute atomic E-state index is 12.5. The first-order valence-electron chi connectivity index (χ1n) is 12.0. The second-order valence-electron chi connectivity index (χ2n) is 8.74. The molecule has 1 unspecified atom stereocenters. The van der Waals surface area contributed by atoms with E-state index in [4.69, 9.17) is 24.7 Å². The molecule has 0 bridgehead atoms. The van der Waals surface area contributed by atoms with E-state index in [1.165, 1.54) is 0 Å². The zero-order valence-electron chi connectivity index (χ0n) is 20.0. The molecule has 0 saturated carbocycles. The minimum atomic E-state index is -0.475. The van der Waals surface area contributed by atoms with E-state index < -0.39 is 6.17 Å². The van der Waals surface area contributed by atoms with Crippen LogP contribution < -0.4 is 29.6 Å². The van der Waals surface area contributed by atoms with Crippen molar-refractivity contribution in [3.8, 4) is 23.0 Å². The van der Waals surface area contributed by atoms with Gasteiger partial charge in [0, 0.05) is 50.9 Å². The van der Waals surface area contributed by atoms with Gasteiger partial charge in [0.25, 0.3) is 0 Å². The number of fused-ring (bicyclic) bond motifs is 2. The summed E-state index contributed by atoms with van der Waals surface area (Å²) in [6.07, 6.45) is 2.13. The normalized spacial score (nSPS) is 19.6. The molecular weight excluding hydrogens is 453 g/mol. The monoisotopic (exact) mass is 485 g/mol. The molecule has 2 N–H and O–H groups in total. The highest BCUT2D eigenvalue weighted by Gasteiger charge is 2.29. The summed E-state index contributed by atoms with van der Waals surface area (Å²) in [6.45, 7) is 5.73. The molecule has 3 aliphatic heterocycles. The van der Waals surface area contributed by atoms with Gasteiger partial charge in [-0.2, -0.15) is 0 Å². The zero-order valence-corrected chi connectivity index (χ0v) is 20.0. The van der Waals surface area contributed by atoms with Crippen LogP contribution in [0.3, 0.4) is 0 Å². The van der Waals surface area contributed by atoms with Crippen LogP contribution in [0.25, 0.3) is 0 Å². The lowest BCUT2D eigenvalue weighted by atomic mass is 10.1. The topological polar surface area (TPSA) is 85.0 Å². The molecule has 188 valence electrons. The SMILES string of the molecule is COc1cc2c(cc1OCCCN1CCN(CCF)CC1)N=CN(c1cccc3c1OCO3)C2N. The van der Waals surface area contributed by atoms with Gasteiger partial charge in [-0.25, -0.2) is 9.38 Å². The highest BCUT2D eigenvalue weighted by Crippen LogP contribution is 2.46. The molecule has 5 rings (SSSR count). The number of halogens is 1. The Morgan fingerprint density at radius 2 is 1.89 bits per heavy atom. The van der Waals surface area contributed by atoms with Crippen LogP contribution in [0, 0.1) is 0 Å². The number of hydrogen-bond acceptors (Lipinski definition) is 9. The van der Waals surface area contributed by atoms with Crippen molar-refractivity contribution in [1.29, 1.82) is 0 Å². The Hall–Kier alpha value is -3.08. The molecule has 1 saturated heterocycles. The number of aliphatic imine (C=N–C) groups is 1. The third kappa shape index (κ3) is 5.00. The van der Waals surface area contributed by atoms with Crippen molar-refractivity contribution in [3.05, 3.63) is 35.9 Å². The summed E-state index contributed by atoms with van der Waals surface area (Å²) in [5, 5.41) is 0. The third-order valence-electron chi connectivity index (χ3n) is 6.65. The fourth-order valence-corrected chi connectivity index (χ4v) is 4.69. The van der Waals surface area contributed by atoms with Crippen LogP contribution in [-0.2, 0) is 0 Å². The van der Waals surface area contributed by atoms with Crippen molar-refractivity contribution in [3.63, 3.8) is 0 Å². The molecule has 2 aromatic carbocycles. The van der Waals surface area contributed by atoms with Gasteiger partial charge in [0.1, 0.15) is 12.8 Å². The van der Waals surface area contributed by atoms with Gasteiger partial charge in [-0.05, 0) is 24.6 Å². The lowest BCUT2D eigenvalue weighted by Gasteiger charge is -2.34. The van der Waals surface area contributed by atoms with Crippen LogP contribution in [0.2, 0.25) is 0 Å². The average molecular weight is 486 g/mol. The van der Waals surface area contributed by atoms with E-state index in [-0.39, 0.29) is 13.5 Å². The smallest absolute Gasteiger partial charge is 0.231 e. The number of hydrogen-bond donors (Lipinski definition) is 1. The molecule has 0 spiro atoms. The molecule has 0 radical (unpaired) electrons. The van der Waals surface area contributed by atoms with E-state index in [0.717, 1.165) is 56.1 Å². The Balaban J connectivity index is 1.22. The lowest BCUT2D eigenvalue weighted by Crippen LogP contribution is -2.47. The summed E-state index contributed by atoms with van der Waals surface area (Å²) in [4.78, 5) is 11.1. The Morgan fingerprint density at radius 1 is 1.09 bits per heavy atom. The van der Waals surface area contributed by atoms with Crippen molar-refractivity contribution in [2.24, 2.45) is 10.7 Å². The summed E-state index contributed by atoms with van der Waals surface area (Å²) in [5.41, 5.74) is 9.01. The quantitative estimate of drug-likeness (QED) is 0.543. The molecule has 1 atom stereocenters. The zero-order chi connectivity index (χ0) is 24.2. The Bertz CT molecular complexity index is 1060.